The molecule has 20 heavy (non-hydrogen) atoms. The molecule has 0 fully saturated rings. The topological polar surface area (TPSA) is 127 Å². The Morgan fingerprint density at radius 1 is 1.50 bits per heavy atom. The van der Waals surface area contributed by atoms with Crippen molar-refractivity contribution in [2.24, 2.45) is 5.73 Å². The lowest BCUT2D eigenvalue weighted by Crippen LogP contribution is -2.14. The van der Waals surface area contributed by atoms with Crippen LogP contribution in [0.25, 0.3) is 11.0 Å². The molecule has 102 valence electrons. The number of H-pyrrole nitrogens is 1. The first-order valence-corrected chi connectivity index (χ1v) is 5.97. The second-order valence-electron chi connectivity index (χ2n) is 4.09. The Labute approximate surface area is 113 Å². The van der Waals surface area contributed by atoms with E-state index < -0.39 is 5.91 Å². The van der Waals surface area contributed by atoms with Crippen molar-refractivity contribution in [2.75, 3.05) is 5.32 Å². The zero-order valence-corrected chi connectivity index (χ0v) is 10.7. The van der Waals surface area contributed by atoms with Crippen molar-refractivity contribution in [3.05, 3.63) is 24.4 Å². The standard InChI is InChI=1S/C11H12N8O/c1-2-19-4-7(8(18-19)9(12)20)16-10-6-3-15-17-11(6)14-5-13-10/h3-5H,2H2,1H3,(H2,12,20)(H2,13,14,15,16,17). The molecule has 0 aliphatic rings. The van der Waals surface area contributed by atoms with Gasteiger partial charge >= 0.3 is 0 Å². The summed E-state index contributed by atoms with van der Waals surface area (Å²) in [4.78, 5) is 19.6. The van der Waals surface area contributed by atoms with Gasteiger partial charge in [0.2, 0.25) is 0 Å². The molecule has 3 heterocycles. The first kappa shape index (κ1) is 12.1. The highest BCUT2D eigenvalue weighted by Gasteiger charge is 2.15. The molecule has 3 rings (SSSR count). The second kappa shape index (κ2) is 4.61. The van der Waals surface area contributed by atoms with E-state index in [0.29, 0.717) is 29.1 Å². The summed E-state index contributed by atoms with van der Waals surface area (Å²) in [5, 5.41) is 14.5. The average molecular weight is 272 g/mol. The molecule has 0 aromatic carbocycles. The predicted octanol–water partition coefficient (Wildman–Crippen LogP) is 0.412. The van der Waals surface area contributed by atoms with Crippen LogP contribution in [0.3, 0.4) is 0 Å². The van der Waals surface area contributed by atoms with Crippen molar-refractivity contribution in [3.63, 3.8) is 0 Å². The van der Waals surface area contributed by atoms with E-state index in [1.807, 2.05) is 6.92 Å². The number of nitrogens with zero attached hydrogens (tertiary/aromatic N) is 5. The summed E-state index contributed by atoms with van der Waals surface area (Å²) in [5.41, 5.74) is 6.59. The SMILES string of the molecule is CCn1cc(Nc2ncnc3[nH]ncc23)c(C(N)=O)n1. The van der Waals surface area contributed by atoms with Gasteiger partial charge in [0.25, 0.3) is 5.91 Å². The fourth-order valence-electron chi connectivity index (χ4n) is 1.85. The lowest BCUT2D eigenvalue weighted by Gasteiger charge is -2.04. The van der Waals surface area contributed by atoms with Crippen LogP contribution in [-0.4, -0.2) is 35.9 Å². The Morgan fingerprint density at radius 3 is 3.10 bits per heavy atom. The van der Waals surface area contributed by atoms with Gasteiger partial charge in [-0.15, -0.1) is 0 Å². The third kappa shape index (κ3) is 1.94. The average Bonchev–Trinajstić information content (AvgIpc) is 3.05. The normalized spacial score (nSPS) is 10.8. The van der Waals surface area contributed by atoms with Crippen LogP contribution >= 0.6 is 0 Å². The summed E-state index contributed by atoms with van der Waals surface area (Å²) in [6.07, 6.45) is 4.71. The Morgan fingerprint density at radius 2 is 2.35 bits per heavy atom. The van der Waals surface area contributed by atoms with Gasteiger partial charge in [-0.25, -0.2) is 9.97 Å². The van der Waals surface area contributed by atoms with E-state index in [2.05, 4.69) is 30.6 Å². The minimum atomic E-state index is -0.600. The number of rotatable bonds is 4. The molecule has 0 radical (unpaired) electrons. The first-order valence-electron chi connectivity index (χ1n) is 5.97. The molecule has 1 amide bonds. The van der Waals surface area contributed by atoms with Crippen LogP contribution in [0.2, 0.25) is 0 Å². The van der Waals surface area contributed by atoms with Crippen molar-refractivity contribution >= 4 is 28.4 Å². The van der Waals surface area contributed by atoms with Crippen molar-refractivity contribution in [1.82, 2.24) is 29.9 Å². The number of carbonyl (C=O) groups excluding carboxylic acids is 1. The van der Waals surface area contributed by atoms with Gasteiger partial charge in [-0.3, -0.25) is 14.6 Å². The van der Waals surface area contributed by atoms with Gasteiger partial charge in [0.05, 0.1) is 17.3 Å². The molecule has 9 heteroatoms. The number of hydrogen-bond acceptors (Lipinski definition) is 6. The van der Waals surface area contributed by atoms with E-state index in [1.54, 1.807) is 17.1 Å². The number of anilines is 2. The van der Waals surface area contributed by atoms with Crippen molar-refractivity contribution in [2.45, 2.75) is 13.5 Å². The van der Waals surface area contributed by atoms with E-state index >= 15 is 0 Å². The minimum absolute atomic E-state index is 0.169. The van der Waals surface area contributed by atoms with Crippen LogP contribution in [0.5, 0.6) is 0 Å². The lowest BCUT2D eigenvalue weighted by atomic mass is 10.3. The Balaban J connectivity index is 2.04. The monoisotopic (exact) mass is 272 g/mol. The summed E-state index contributed by atoms with van der Waals surface area (Å²) >= 11 is 0. The maximum absolute atomic E-state index is 11.4. The number of aryl methyl sites for hydroxylation is 1. The third-order valence-corrected chi connectivity index (χ3v) is 2.82. The number of hydrogen-bond donors (Lipinski definition) is 3. The molecule has 0 saturated carbocycles. The van der Waals surface area contributed by atoms with Crippen LogP contribution < -0.4 is 11.1 Å². The number of primary amides is 1. The maximum Gasteiger partial charge on any atom is 0.271 e. The van der Waals surface area contributed by atoms with Gasteiger partial charge < -0.3 is 11.1 Å². The zero-order valence-electron chi connectivity index (χ0n) is 10.7. The molecule has 0 aliphatic carbocycles. The minimum Gasteiger partial charge on any atom is -0.364 e. The maximum atomic E-state index is 11.4. The molecular weight excluding hydrogens is 260 g/mol. The van der Waals surface area contributed by atoms with Gasteiger partial charge in [0, 0.05) is 12.7 Å². The molecule has 0 unspecified atom stereocenters. The Hall–Kier alpha value is -2.97. The predicted molar refractivity (Wildman–Crippen MR) is 71.4 cm³/mol. The van der Waals surface area contributed by atoms with Crippen LogP contribution in [0.15, 0.2) is 18.7 Å². The van der Waals surface area contributed by atoms with E-state index in [1.165, 1.54) is 6.33 Å². The molecule has 0 spiro atoms. The number of amides is 1. The van der Waals surface area contributed by atoms with E-state index in [0.717, 1.165) is 0 Å². The molecule has 4 N–H and O–H groups in total. The molecule has 3 aromatic rings. The van der Waals surface area contributed by atoms with Crippen molar-refractivity contribution < 1.29 is 4.79 Å². The number of nitrogens with two attached hydrogens (primary N) is 1. The van der Waals surface area contributed by atoms with Gasteiger partial charge in [-0.2, -0.15) is 10.2 Å². The number of carbonyl (C=O) groups is 1. The Kier molecular flexibility index (Phi) is 2.78. The van der Waals surface area contributed by atoms with E-state index in [-0.39, 0.29) is 5.69 Å². The fourth-order valence-corrected chi connectivity index (χ4v) is 1.85. The second-order valence-corrected chi connectivity index (χ2v) is 4.09. The van der Waals surface area contributed by atoms with Gasteiger partial charge in [-0.05, 0) is 6.92 Å². The largest absolute Gasteiger partial charge is 0.364 e. The summed E-state index contributed by atoms with van der Waals surface area (Å²) in [7, 11) is 0. The van der Waals surface area contributed by atoms with Crippen LogP contribution in [0, 0.1) is 0 Å². The molecule has 0 bridgehead atoms. The number of fused-ring (bicyclic) bond motifs is 1. The third-order valence-electron chi connectivity index (χ3n) is 2.82. The quantitative estimate of drug-likeness (QED) is 0.631. The van der Waals surface area contributed by atoms with Gasteiger partial charge in [0.15, 0.2) is 11.3 Å². The lowest BCUT2D eigenvalue weighted by molar-refractivity contribution is 0.0995. The summed E-state index contributed by atoms with van der Waals surface area (Å²) in [5.74, 6) is -0.0703. The van der Waals surface area contributed by atoms with Crippen molar-refractivity contribution in [3.8, 4) is 0 Å². The molecule has 0 atom stereocenters. The van der Waals surface area contributed by atoms with E-state index in [4.69, 9.17) is 5.73 Å². The summed E-state index contributed by atoms with van der Waals surface area (Å²) in [6.45, 7) is 2.55. The molecule has 9 nitrogen and oxygen atoms in total. The Bertz CT molecular complexity index is 774. The van der Waals surface area contributed by atoms with E-state index in [9.17, 15) is 4.79 Å². The summed E-state index contributed by atoms with van der Waals surface area (Å²) < 4.78 is 1.62. The number of aromatic nitrogens is 6. The van der Waals surface area contributed by atoms with Crippen LogP contribution in [-0.2, 0) is 6.54 Å². The zero-order chi connectivity index (χ0) is 14.1. The molecule has 0 aliphatic heterocycles. The highest BCUT2D eigenvalue weighted by atomic mass is 16.1. The van der Waals surface area contributed by atoms with Gasteiger partial charge in [-0.1, -0.05) is 0 Å². The molecule has 3 aromatic heterocycles. The number of aromatic amines is 1. The molecular formula is C11H12N8O. The highest BCUT2D eigenvalue weighted by molar-refractivity contribution is 5.98. The molecule has 0 saturated heterocycles. The highest BCUT2D eigenvalue weighted by Crippen LogP contribution is 2.23. The first-order chi connectivity index (χ1) is 9.69. The number of nitrogens with one attached hydrogen (secondary N) is 2. The van der Waals surface area contributed by atoms with Crippen molar-refractivity contribution in [1.29, 1.82) is 0 Å². The fraction of sp³-hybridized carbons (Fsp3) is 0.182. The van der Waals surface area contributed by atoms with Gasteiger partial charge in [0.1, 0.15) is 12.1 Å². The summed E-state index contributed by atoms with van der Waals surface area (Å²) in [6, 6.07) is 0. The van der Waals surface area contributed by atoms with Crippen LogP contribution in [0.1, 0.15) is 17.4 Å². The smallest absolute Gasteiger partial charge is 0.271 e. The van der Waals surface area contributed by atoms with Crippen LogP contribution in [0.4, 0.5) is 11.5 Å².